The number of carbonyl (C=O) groups excluding carboxylic acids is 1. The number of nitrogens with zero attached hydrogens (tertiary/aromatic N) is 1. The molecule has 0 spiro atoms. The van der Waals surface area contributed by atoms with Crippen LogP contribution in [0.4, 0.5) is 13.2 Å². The summed E-state index contributed by atoms with van der Waals surface area (Å²) >= 11 is 0. The van der Waals surface area contributed by atoms with E-state index in [9.17, 15) is 18.0 Å². The molecular weight excluding hydrogens is 275 g/mol. The van der Waals surface area contributed by atoms with E-state index in [0.29, 0.717) is 6.54 Å². The molecular formula is C12H16F3N3O2. The zero-order valence-corrected chi connectivity index (χ0v) is 11.1. The van der Waals surface area contributed by atoms with Gasteiger partial charge in [-0.3, -0.25) is 4.79 Å². The quantitative estimate of drug-likeness (QED) is 0.830. The molecule has 20 heavy (non-hydrogen) atoms. The lowest BCUT2D eigenvalue weighted by Crippen LogP contribution is -2.37. The van der Waals surface area contributed by atoms with E-state index >= 15 is 0 Å². The normalized spacial score (nSPS) is 12.8. The second kappa shape index (κ2) is 7.09. The summed E-state index contributed by atoms with van der Waals surface area (Å²) in [5, 5.41) is 5.62. The Morgan fingerprint density at radius 3 is 2.65 bits per heavy atom. The fourth-order valence-corrected chi connectivity index (χ4v) is 1.21. The number of likely N-dealkylation sites (N-methyl/N-ethyl adjacent to an activating group) is 1. The van der Waals surface area contributed by atoms with E-state index in [0.717, 1.165) is 0 Å². The van der Waals surface area contributed by atoms with E-state index in [1.165, 1.54) is 18.3 Å². The van der Waals surface area contributed by atoms with Gasteiger partial charge >= 0.3 is 6.18 Å². The minimum Gasteiger partial charge on any atom is -0.468 e. The Labute approximate surface area is 114 Å². The van der Waals surface area contributed by atoms with Crippen molar-refractivity contribution in [3.63, 3.8) is 0 Å². The highest BCUT2D eigenvalue weighted by Crippen LogP contribution is 2.16. The molecule has 1 heterocycles. The summed E-state index contributed by atoms with van der Waals surface area (Å²) in [6, 6.07) is 2.70. The number of halogens is 3. The van der Waals surface area contributed by atoms with Gasteiger partial charge in [0.15, 0.2) is 6.61 Å². The third kappa shape index (κ3) is 5.87. The van der Waals surface area contributed by atoms with Crippen LogP contribution in [0.2, 0.25) is 0 Å². The Hall–Kier alpha value is -1.83. The monoisotopic (exact) mass is 291 g/mol. The summed E-state index contributed by atoms with van der Waals surface area (Å²) in [6.45, 7) is 0.916. The predicted molar refractivity (Wildman–Crippen MR) is 66.6 cm³/mol. The summed E-state index contributed by atoms with van der Waals surface area (Å²) < 4.78 is 40.2. The number of amides is 1. The molecule has 112 valence electrons. The minimum absolute atomic E-state index is 0.112. The van der Waals surface area contributed by atoms with E-state index < -0.39 is 12.8 Å². The van der Waals surface area contributed by atoms with Crippen LogP contribution in [0.25, 0.3) is 0 Å². The van der Waals surface area contributed by atoms with Crippen molar-refractivity contribution in [2.24, 2.45) is 0 Å². The average Bonchev–Trinajstić information content (AvgIpc) is 2.41. The first-order valence-corrected chi connectivity index (χ1v) is 5.93. The van der Waals surface area contributed by atoms with Crippen LogP contribution < -0.4 is 15.4 Å². The van der Waals surface area contributed by atoms with Gasteiger partial charge in [-0.25, -0.2) is 4.98 Å². The molecule has 0 aliphatic heterocycles. The van der Waals surface area contributed by atoms with Crippen LogP contribution >= 0.6 is 0 Å². The maximum absolute atomic E-state index is 11.9. The van der Waals surface area contributed by atoms with Crippen LogP contribution in [0.1, 0.15) is 17.3 Å². The lowest BCUT2D eigenvalue weighted by Gasteiger charge is -2.11. The largest absolute Gasteiger partial charge is 0.468 e. The Kier molecular flexibility index (Phi) is 5.75. The molecule has 0 aromatic carbocycles. The first-order chi connectivity index (χ1) is 9.31. The number of alkyl halides is 3. The molecule has 1 rings (SSSR count). The molecule has 5 nitrogen and oxygen atoms in total. The lowest BCUT2D eigenvalue weighted by atomic mass is 10.2. The van der Waals surface area contributed by atoms with Crippen molar-refractivity contribution in [2.75, 3.05) is 20.2 Å². The molecule has 1 atom stereocenters. The van der Waals surface area contributed by atoms with Gasteiger partial charge in [0.05, 0.1) is 5.56 Å². The third-order valence-electron chi connectivity index (χ3n) is 2.44. The van der Waals surface area contributed by atoms with Crippen LogP contribution in [-0.2, 0) is 0 Å². The maximum Gasteiger partial charge on any atom is 0.422 e. The van der Waals surface area contributed by atoms with E-state index in [2.05, 4.69) is 20.4 Å². The van der Waals surface area contributed by atoms with Gasteiger partial charge in [0.1, 0.15) is 0 Å². The summed E-state index contributed by atoms with van der Waals surface area (Å²) in [6.07, 6.45) is -3.24. The van der Waals surface area contributed by atoms with Gasteiger partial charge in [-0.1, -0.05) is 0 Å². The topological polar surface area (TPSA) is 63.2 Å². The number of carbonyl (C=O) groups is 1. The molecule has 1 aromatic heterocycles. The second-order valence-corrected chi connectivity index (χ2v) is 4.19. The van der Waals surface area contributed by atoms with Crippen LogP contribution in [0.3, 0.4) is 0 Å². The highest BCUT2D eigenvalue weighted by atomic mass is 19.4. The van der Waals surface area contributed by atoms with E-state index in [4.69, 9.17) is 0 Å². The lowest BCUT2D eigenvalue weighted by molar-refractivity contribution is -0.154. The molecule has 0 fully saturated rings. The molecule has 1 amide bonds. The van der Waals surface area contributed by atoms with Gasteiger partial charge in [-0.15, -0.1) is 0 Å². The zero-order chi connectivity index (χ0) is 15.2. The SMILES string of the molecule is CNC(C)CNC(=O)c1ccc(OCC(F)(F)F)nc1. The Bertz CT molecular complexity index is 435. The van der Waals surface area contributed by atoms with Crippen molar-refractivity contribution in [3.05, 3.63) is 23.9 Å². The Morgan fingerprint density at radius 2 is 2.15 bits per heavy atom. The molecule has 0 aliphatic carbocycles. The molecule has 0 bridgehead atoms. The number of ether oxygens (including phenoxy) is 1. The Balaban J connectivity index is 2.51. The van der Waals surface area contributed by atoms with Crippen molar-refractivity contribution in [2.45, 2.75) is 19.1 Å². The van der Waals surface area contributed by atoms with Gasteiger partial charge in [-0.05, 0) is 20.0 Å². The van der Waals surface area contributed by atoms with E-state index in [-0.39, 0.29) is 23.4 Å². The van der Waals surface area contributed by atoms with Crippen LogP contribution in [-0.4, -0.2) is 43.3 Å². The summed E-state index contributed by atoms with van der Waals surface area (Å²) in [5.74, 6) is -0.524. The van der Waals surface area contributed by atoms with E-state index in [1.54, 1.807) is 7.05 Å². The number of pyridine rings is 1. The smallest absolute Gasteiger partial charge is 0.422 e. The van der Waals surface area contributed by atoms with Crippen LogP contribution in [0, 0.1) is 0 Å². The molecule has 1 aromatic rings. The molecule has 8 heteroatoms. The highest BCUT2D eigenvalue weighted by molar-refractivity contribution is 5.93. The Morgan fingerprint density at radius 1 is 1.45 bits per heavy atom. The maximum atomic E-state index is 11.9. The molecule has 0 saturated heterocycles. The van der Waals surface area contributed by atoms with Gasteiger partial charge in [0.2, 0.25) is 5.88 Å². The minimum atomic E-state index is -4.42. The van der Waals surface area contributed by atoms with Gasteiger partial charge in [0, 0.05) is 24.8 Å². The fourth-order valence-electron chi connectivity index (χ4n) is 1.21. The van der Waals surface area contributed by atoms with E-state index in [1.807, 2.05) is 6.92 Å². The number of nitrogens with one attached hydrogen (secondary N) is 2. The van der Waals surface area contributed by atoms with Gasteiger partial charge in [-0.2, -0.15) is 13.2 Å². The van der Waals surface area contributed by atoms with Crippen molar-refractivity contribution in [1.29, 1.82) is 0 Å². The summed E-state index contributed by atoms with van der Waals surface area (Å²) in [5.41, 5.74) is 0.257. The number of hydrogen-bond acceptors (Lipinski definition) is 4. The number of aromatic nitrogens is 1. The molecule has 0 aliphatic rings. The van der Waals surface area contributed by atoms with Crippen molar-refractivity contribution in [1.82, 2.24) is 15.6 Å². The first kappa shape index (κ1) is 16.2. The zero-order valence-electron chi connectivity index (χ0n) is 11.1. The van der Waals surface area contributed by atoms with Crippen molar-refractivity contribution in [3.8, 4) is 5.88 Å². The van der Waals surface area contributed by atoms with Crippen LogP contribution in [0.15, 0.2) is 18.3 Å². The first-order valence-electron chi connectivity index (χ1n) is 5.93. The van der Waals surface area contributed by atoms with Crippen LogP contribution in [0.5, 0.6) is 5.88 Å². The highest BCUT2D eigenvalue weighted by Gasteiger charge is 2.28. The average molecular weight is 291 g/mol. The number of rotatable bonds is 6. The third-order valence-corrected chi connectivity index (χ3v) is 2.44. The fraction of sp³-hybridized carbons (Fsp3) is 0.500. The summed E-state index contributed by atoms with van der Waals surface area (Å²) in [4.78, 5) is 15.3. The molecule has 2 N–H and O–H groups in total. The molecule has 0 radical (unpaired) electrons. The van der Waals surface area contributed by atoms with Gasteiger partial charge in [0.25, 0.3) is 5.91 Å². The predicted octanol–water partition coefficient (Wildman–Crippen LogP) is 1.36. The summed E-state index contributed by atoms with van der Waals surface area (Å²) in [7, 11) is 1.77. The molecule has 0 saturated carbocycles. The number of hydrogen-bond donors (Lipinski definition) is 2. The standard InChI is InChI=1S/C12H16F3N3O2/c1-8(16-2)5-18-11(19)9-3-4-10(17-6-9)20-7-12(13,14)15/h3-4,6,8,16H,5,7H2,1-2H3,(H,18,19). The van der Waals surface area contributed by atoms with Gasteiger partial charge < -0.3 is 15.4 Å². The second-order valence-electron chi connectivity index (χ2n) is 4.19. The molecule has 1 unspecified atom stereocenters. The van der Waals surface area contributed by atoms with Crippen molar-refractivity contribution < 1.29 is 22.7 Å². The van der Waals surface area contributed by atoms with Crippen molar-refractivity contribution >= 4 is 5.91 Å².